The third-order valence-corrected chi connectivity index (χ3v) is 1.73. The van der Waals surface area contributed by atoms with E-state index in [9.17, 15) is 4.39 Å². The van der Waals surface area contributed by atoms with Crippen molar-refractivity contribution in [2.75, 3.05) is 11.1 Å². The summed E-state index contributed by atoms with van der Waals surface area (Å²) in [7, 11) is 0. The Morgan fingerprint density at radius 2 is 1.88 bits per heavy atom. The van der Waals surface area contributed by atoms with Gasteiger partial charge in [0.1, 0.15) is 6.33 Å². The molecule has 0 unspecified atom stereocenters. The Balaban J connectivity index is 0. The Kier molecular flexibility index (Phi) is 7.16. The number of hydrogen-bond donors (Lipinski definition) is 2. The number of nitrogens with one attached hydrogen (secondary N) is 1. The molecule has 1 saturated carbocycles. The van der Waals surface area contributed by atoms with Crippen molar-refractivity contribution in [2.45, 2.75) is 46.6 Å². The molecule has 3 N–H and O–H groups in total. The second-order valence-electron chi connectivity index (χ2n) is 2.84. The maximum absolute atomic E-state index is 13.1. The van der Waals surface area contributed by atoms with Gasteiger partial charge in [-0.05, 0) is 12.8 Å². The van der Waals surface area contributed by atoms with Crippen LogP contribution in [0.25, 0.3) is 0 Å². The van der Waals surface area contributed by atoms with Crippen molar-refractivity contribution in [3.63, 3.8) is 0 Å². The molecular weight excluding hydrogens is 207 g/mol. The standard InChI is InChI=1S/C7H9FN4.2C2H6.H2/c8-5-6(9)10-3-11-7(5)12-4-1-2-4;2*1-2;/h3-4H,1-2H2,(H3,9,10,11,12);2*1-2H3;1H. The normalized spacial score (nSPS) is 12.8. The summed E-state index contributed by atoms with van der Waals surface area (Å²) in [4.78, 5) is 7.26. The van der Waals surface area contributed by atoms with Gasteiger partial charge in [0, 0.05) is 7.47 Å². The Morgan fingerprint density at radius 1 is 1.31 bits per heavy atom. The minimum absolute atomic E-state index is 0. The summed E-state index contributed by atoms with van der Waals surface area (Å²) in [5.74, 6) is -0.442. The highest BCUT2D eigenvalue weighted by Crippen LogP contribution is 2.25. The van der Waals surface area contributed by atoms with E-state index in [0.717, 1.165) is 12.8 Å². The molecule has 0 aliphatic heterocycles. The number of nitrogen functional groups attached to an aromatic ring is 1. The van der Waals surface area contributed by atoms with Crippen LogP contribution in [0.2, 0.25) is 0 Å². The fourth-order valence-electron chi connectivity index (χ4n) is 0.905. The molecule has 1 aromatic rings. The van der Waals surface area contributed by atoms with Crippen molar-refractivity contribution in [1.82, 2.24) is 9.97 Å². The zero-order chi connectivity index (χ0) is 12.6. The van der Waals surface area contributed by atoms with Gasteiger partial charge >= 0.3 is 0 Å². The SMILES string of the molecule is CC.CC.Nc1ncnc(NC2CC2)c1F.[HH]. The van der Waals surface area contributed by atoms with E-state index in [0.29, 0.717) is 6.04 Å². The van der Waals surface area contributed by atoms with Crippen molar-refractivity contribution in [3.8, 4) is 0 Å². The molecule has 16 heavy (non-hydrogen) atoms. The fraction of sp³-hybridized carbons (Fsp3) is 0.636. The van der Waals surface area contributed by atoms with Crippen molar-refractivity contribution in [2.24, 2.45) is 0 Å². The molecule has 0 amide bonds. The van der Waals surface area contributed by atoms with Crippen LogP contribution in [0, 0.1) is 5.82 Å². The van der Waals surface area contributed by atoms with Crippen molar-refractivity contribution < 1.29 is 5.82 Å². The van der Waals surface area contributed by atoms with Gasteiger partial charge in [0.05, 0.1) is 0 Å². The van der Waals surface area contributed by atoms with E-state index in [4.69, 9.17) is 5.73 Å². The Morgan fingerprint density at radius 3 is 2.38 bits per heavy atom. The molecule has 0 atom stereocenters. The molecule has 1 heterocycles. The van der Waals surface area contributed by atoms with Crippen LogP contribution < -0.4 is 11.1 Å². The molecule has 1 aliphatic carbocycles. The first-order chi connectivity index (χ1) is 7.77. The summed E-state index contributed by atoms with van der Waals surface area (Å²) in [5, 5.41) is 2.92. The molecule has 0 radical (unpaired) electrons. The van der Waals surface area contributed by atoms with Crippen molar-refractivity contribution in [3.05, 3.63) is 12.1 Å². The van der Waals surface area contributed by atoms with Gasteiger partial charge in [-0.3, -0.25) is 0 Å². The van der Waals surface area contributed by atoms with E-state index in [1.807, 2.05) is 27.7 Å². The number of anilines is 2. The summed E-state index contributed by atoms with van der Waals surface area (Å²) < 4.78 is 13.1. The van der Waals surface area contributed by atoms with Gasteiger partial charge in [-0.2, -0.15) is 4.39 Å². The maximum atomic E-state index is 13.1. The first-order valence-corrected chi connectivity index (χ1v) is 5.80. The molecule has 0 saturated heterocycles. The number of halogens is 1. The van der Waals surface area contributed by atoms with Crippen LogP contribution >= 0.6 is 0 Å². The van der Waals surface area contributed by atoms with E-state index in [1.54, 1.807) is 0 Å². The van der Waals surface area contributed by atoms with Crippen molar-refractivity contribution in [1.29, 1.82) is 0 Å². The zero-order valence-electron chi connectivity index (χ0n) is 10.4. The number of nitrogens with zero attached hydrogens (tertiary/aromatic N) is 2. The van der Waals surface area contributed by atoms with E-state index >= 15 is 0 Å². The fourth-order valence-corrected chi connectivity index (χ4v) is 0.905. The summed E-state index contributed by atoms with van der Waals surface area (Å²) in [5.41, 5.74) is 5.25. The van der Waals surface area contributed by atoms with Crippen molar-refractivity contribution >= 4 is 11.6 Å². The van der Waals surface area contributed by atoms with E-state index in [-0.39, 0.29) is 13.1 Å². The second kappa shape index (κ2) is 7.84. The molecule has 0 bridgehead atoms. The number of nitrogens with two attached hydrogens (primary N) is 1. The smallest absolute Gasteiger partial charge is 0.207 e. The Labute approximate surface area is 98.0 Å². The van der Waals surface area contributed by atoms with Crippen LogP contribution in [0.4, 0.5) is 16.0 Å². The molecule has 1 aliphatic rings. The van der Waals surface area contributed by atoms with Crippen LogP contribution in [0.15, 0.2) is 6.33 Å². The van der Waals surface area contributed by atoms with Gasteiger partial charge in [-0.15, -0.1) is 0 Å². The van der Waals surface area contributed by atoms with Crippen LogP contribution in [0.5, 0.6) is 0 Å². The Hall–Kier alpha value is -1.39. The molecular formula is C11H23FN4. The summed E-state index contributed by atoms with van der Waals surface area (Å²) in [6.07, 6.45) is 3.40. The largest absolute Gasteiger partial charge is 0.381 e. The molecule has 5 heteroatoms. The van der Waals surface area contributed by atoms with Crippen LogP contribution in [0.3, 0.4) is 0 Å². The lowest BCUT2D eigenvalue weighted by atomic mass is 10.5. The van der Waals surface area contributed by atoms with E-state index in [2.05, 4.69) is 15.3 Å². The predicted octanol–water partition coefficient (Wildman–Crippen LogP) is 3.07. The van der Waals surface area contributed by atoms with Crippen LogP contribution in [0.1, 0.15) is 42.0 Å². The quantitative estimate of drug-likeness (QED) is 0.819. The van der Waals surface area contributed by atoms with Gasteiger partial charge in [0.2, 0.25) is 5.82 Å². The topological polar surface area (TPSA) is 63.8 Å². The minimum atomic E-state index is -0.551. The van der Waals surface area contributed by atoms with E-state index in [1.165, 1.54) is 6.33 Å². The molecule has 0 aromatic carbocycles. The van der Waals surface area contributed by atoms with Crippen LogP contribution in [-0.4, -0.2) is 16.0 Å². The zero-order valence-corrected chi connectivity index (χ0v) is 10.4. The van der Waals surface area contributed by atoms with Gasteiger partial charge in [-0.25, -0.2) is 9.97 Å². The summed E-state index contributed by atoms with van der Waals surface area (Å²) in [6.45, 7) is 8.00. The third kappa shape index (κ3) is 4.42. The molecule has 1 aromatic heterocycles. The first kappa shape index (κ1) is 14.6. The highest BCUT2D eigenvalue weighted by molar-refractivity contribution is 5.47. The van der Waals surface area contributed by atoms with Gasteiger partial charge in [0.25, 0.3) is 0 Å². The van der Waals surface area contributed by atoms with Gasteiger partial charge in [0.15, 0.2) is 11.6 Å². The summed E-state index contributed by atoms with van der Waals surface area (Å²) in [6, 6.07) is 0.369. The number of hydrogen-bond acceptors (Lipinski definition) is 4. The monoisotopic (exact) mass is 230 g/mol. The first-order valence-electron chi connectivity index (χ1n) is 5.80. The predicted molar refractivity (Wildman–Crippen MR) is 67.9 cm³/mol. The maximum Gasteiger partial charge on any atom is 0.207 e. The highest BCUT2D eigenvalue weighted by atomic mass is 19.1. The lowest BCUT2D eigenvalue weighted by molar-refractivity contribution is 0.622. The highest BCUT2D eigenvalue weighted by Gasteiger charge is 2.23. The van der Waals surface area contributed by atoms with Gasteiger partial charge < -0.3 is 11.1 Å². The van der Waals surface area contributed by atoms with Gasteiger partial charge in [-0.1, -0.05) is 27.7 Å². The number of aromatic nitrogens is 2. The molecule has 0 spiro atoms. The molecule has 2 rings (SSSR count). The average Bonchev–Trinajstić information content (AvgIpc) is 3.14. The lowest BCUT2D eigenvalue weighted by Gasteiger charge is -2.04. The average molecular weight is 230 g/mol. The number of rotatable bonds is 2. The minimum Gasteiger partial charge on any atom is -0.381 e. The van der Waals surface area contributed by atoms with Crippen LogP contribution in [-0.2, 0) is 0 Å². The molecule has 1 fully saturated rings. The molecule has 94 valence electrons. The summed E-state index contributed by atoms with van der Waals surface area (Å²) >= 11 is 0. The third-order valence-electron chi connectivity index (χ3n) is 1.73. The second-order valence-corrected chi connectivity index (χ2v) is 2.84. The Bertz CT molecular complexity index is 306. The lowest BCUT2D eigenvalue weighted by Crippen LogP contribution is -2.08. The van der Waals surface area contributed by atoms with E-state index < -0.39 is 5.82 Å². The molecule has 4 nitrogen and oxygen atoms in total.